The van der Waals surface area contributed by atoms with Crippen LogP contribution in [0.4, 0.5) is 19.0 Å². The third kappa shape index (κ3) is 11.0. The van der Waals surface area contributed by atoms with Crippen molar-refractivity contribution < 1.29 is 23.1 Å². The number of hydrogen-bond donors (Lipinski definition) is 2. The van der Waals surface area contributed by atoms with Gasteiger partial charge in [-0.1, -0.05) is 69.9 Å². The standard InChI is InChI=1S/C20H17FN6O2S2.C19H14ClFN6OS2/c1-27-17(12-3-7-14(21)8-4-12)23-26-20(27)30-11-16(28)22-19-25-24-18(31-19)13-5-9-15(29-2)10-6-13;1-27-16(11-6-8-12(20)9-7-11)23-26-19(27)29-10-15(28)22-18-25-24-17(30-18)13-4-2-3-5-14(13)21/h3-10H,11H2,1-2H3,(H,22,25,28);2-9H,10H2,1H3,(H,22,25,28). The third-order valence-corrected chi connectivity index (χ3v) is 12.4. The smallest absolute Gasteiger partial charge is 0.236 e. The zero-order chi connectivity index (χ0) is 42.9. The molecule has 22 heteroatoms. The minimum Gasteiger partial charge on any atom is -0.497 e. The van der Waals surface area contributed by atoms with Crippen molar-refractivity contribution in [2.24, 2.45) is 14.1 Å². The fourth-order valence-corrected chi connectivity index (χ4v) is 8.39. The summed E-state index contributed by atoms with van der Waals surface area (Å²) in [4.78, 5) is 24.6. The Bertz CT molecular complexity index is 2760. The van der Waals surface area contributed by atoms with Gasteiger partial charge in [0.25, 0.3) is 0 Å². The molecule has 0 saturated carbocycles. The Labute approximate surface area is 368 Å². The number of carbonyl (C=O) groups excluding carboxylic acids is 2. The van der Waals surface area contributed by atoms with Gasteiger partial charge in [-0.25, -0.2) is 8.78 Å². The van der Waals surface area contributed by atoms with Crippen LogP contribution in [0, 0.1) is 11.6 Å². The predicted octanol–water partition coefficient (Wildman–Crippen LogP) is 8.40. The van der Waals surface area contributed by atoms with E-state index in [-0.39, 0.29) is 35.0 Å². The molecule has 0 atom stereocenters. The lowest BCUT2D eigenvalue weighted by molar-refractivity contribution is -0.114. The molecule has 8 rings (SSSR count). The molecule has 0 unspecified atom stereocenters. The highest BCUT2D eigenvalue weighted by molar-refractivity contribution is 8.00. The third-order valence-electron chi connectivity index (χ3n) is 8.32. The van der Waals surface area contributed by atoms with Crippen molar-refractivity contribution in [3.8, 4) is 49.7 Å². The quantitative estimate of drug-likeness (QED) is 0.105. The first-order valence-corrected chi connectivity index (χ1v) is 21.7. The minimum atomic E-state index is -0.388. The number of hydrogen-bond acceptors (Lipinski definition) is 15. The number of halogens is 3. The molecule has 2 N–H and O–H groups in total. The highest BCUT2D eigenvalue weighted by Gasteiger charge is 2.17. The van der Waals surface area contributed by atoms with Gasteiger partial charge in [-0.2, -0.15) is 0 Å². The van der Waals surface area contributed by atoms with Gasteiger partial charge in [-0.05, 0) is 84.9 Å². The maximum atomic E-state index is 13.9. The topological polar surface area (TPSA) is 180 Å². The van der Waals surface area contributed by atoms with Gasteiger partial charge in [-0.15, -0.1) is 40.8 Å². The Hall–Kier alpha value is -6.13. The van der Waals surface area contributed by atoms with Crippen molar-refractivity contribution in [2.45, 2.75) is 10.3 Å². The van der Waals surface area contributed by atoms with Crippen LogP contribution in [-0.4, -0.2) is 80.4 Å². The van der Waals surface area contributed by atoms with E-state index in [1.807, 2.05) is 48.0 Å². The summed E-state index contributed by atoms with van der Waals surface area (Å²) in [6.07, 6.45) is 0. The summed E-state index contributed by atoms with van der Waals surface area (Å²) in [5.74, 6) is 1.06. The van der Waals surface area contributed by atoms with Crippen LogP contribution >= 0.6 is 57.8 Å². The van der Waals surface area contributed by atoms with Crippen molar-refractivity contribution >= 4 is 79.9 Å². The van der Waals surface area contributed by atoms with Crippen LogP contribution in [0.5, 0.6) is 5.75 Å². The molecule has 0 aliphatic rings. The molecule has 2 amide bonds. The molecule has 0 radical (unpaired) electrons. The van der Waals surface area contributed by atoms with Crippen molar-refractivity contribution in [1.29, 1.82) is 0 Å². The van der Waals surface area contributed by atoms with Crippen LogP contribution in [0.25, 0.3) is 43.9 Å². The molecule has 0 spiro atoms. The first-order valence-electron chi connectivity index (χ1n) is 17.8. The summed E-state index contributed by atoms with van der Waals surface area (Å²) >= 11 is 10.8. The first kappa shape index (κ1) is 43.0. The normalized spacial score (nSPS) is 10.9. The SMILES string of the molecule is COc1ccc(-c2nnc(NC(=O)CSc3nnc(-c4ccc(F)cc4)n3C)s2)cc1.Cn1c(SCC(=O)Nc2nnc(-c3ccccc3F)s2)nnc1-c1ccc(Cl)cc1. The summed E-state index contributed by atoms with van der Waals surface area (Å²) in [6, 6.07) is 27.0. The molecule has 310 valence electrons. The Morgan fingerprint density at radius 2 is 1.13 bits per heavy atom. The molecule has 0 aliphatic carbocycles. The number of thioether (sulfide) groups is 2. The summed E-state index contributed by atoms with van der Waals surface area (Å²) in [7, 11) is 5.23. The molecule has 0 saturated heterocycles. The Morgan fingerprint density at radius 1 is 0.639 bits per heavy atom. The number of ether oxygens (including phenoxy) is 1. The van der Waals surface area contributed by atoms with E-state index in [0.29, 0.717) is 52.8 Å². The lowest BCUT2D eigenvalue weighted by Gasteiger charge is -2.04. The van der Waals surface area contributed by atoms with Crippen molar-refractivity contribution in [1.82, 2.24) is 49.9 Å². The minimum absolute atomic E-state index is 0.112. The predicted molar refractivity (Wildman–Crippen MR) is 234 cm³/mol. The summed E-state index contributed by atoms with van der Waals surface area (Å²) in [6.45, 7) is 0. The summed E-state index contributed by atoms with van der Waals surface area (Å²) < 4.78 is 35.7. The maximum Gasteiger partial charge on any atom is 0.236 e. The van der Waals surface area contributed by atoms with Crippen LogP contribution in [0.3, 0.4) is 0 Å². The number of aromatic nitrogens is 10. The van der Waals surface area contributed by atoms with Crippen LogP contribution in [-0.2, 0) is 23.7 Å². The van der Waals surface area contributed by atoms with Crippen molar-refractivity contribution in [3.05, 3.63) is 114 Å². The van der Waals surface area contributed by atoms with E-state index in [0.717, 1.165) is 33.8 Å². The number of carbonyl (C=O) groups is 2. The number of anilines is 2. The maximum absolute atomic E-state index is 13.9. The zero-order valence-electron chi connectivity index (χ0n) is 32.1. The Kier molecular flexibility index (Phi) is 14.1. The van der Waals surface area contributed by atoms with E-state index in [1.54, 1.807) is 61.2 Å². The van der Waals surface area contributed by atoms with E-state index in [1.165, 1.54) is 53.1 Å². The van der Waals surface area contributed by atoms with Crippen LogP contribution in [0.1, 0.15) is 0 Å². The molecule has 15 nitrogen and oxygen atoms in total. The Morgan fingerprint density at radius 3 is 1.67 bits per heavy atom. The number of amides is 2. The lowest BCUT2D eigenvalue weighted by Crippen LogP contribution is -2.14. The van der Waals surface area contributed by atoms with Gasteiger partial charge in [0.15, 0.2) is 27.0 Å². The number of benzene rings is 4. The monoisotopic (exact) mass is 916 g/mol. The molecular weight excluding hydrogens is 886 g/mol. The first-order chi connectivity index (χ1) is 29.5. The van der Waals surface area contributed by atoms with Gasteiger partial charge in [0.2, 0.25) is 22.1 Å². The summed E-state index contributed by atoms with van der Waals surface area (Å²) in [5.41, 5.74) is 2.85. The lowest BCUT2D eigenvalue weighted by atomic mass is 10.2. The second kappa shape index (κ2) is 20.0. The van der Waals surface area contributed by atoms with Crippen molar-refractivity contribution in [2.75, 3.05) is 29.2 Å². The van der Waals surface area contributed by atoms with Crippen LogP contribution in [0.15, 0.2) is 107 Å². The number of rotatable bonds is 13. The highest BCUT2D eigenvalue weighted by Crippen LogP contribution is 2.30. The zero-order valence-corrected chi connectivity index (χ0v) is 36.1. The average Bonchev–Trinajstić information content (AvgIpc) is 4.09. The number of nitrogens with one attached hydrogen (secondary N) is 2. The molecule has 0 aliphatic heterocycles. The van der Waals surface area contributed by atoms with Gasteiger partial charge in [-0.3, -0.25) is 20.2 Å². The van der Waals surface area contributed by atoms with E-state index >= 15 is 0 Å². The second-order valence-corrected chi connectivity index (χ2v) is 16.7. The van der Waals surface area contributed by atoms with Crippen molar-refractivity contribution in [3.63, 3.8) is 0 Å². The molecule has 0 bridgehead atoms. The molecule has 4 heterocycles. The molecule has 8 aromatic rings. The van der Waals surface area contributed by atoms with E-state index in [4.69, 9.17) is 16.3 Å². The fraction of sp³-hybridized carbons (Fsp3) is 0.128. The van der Waals surface area contributed by atoms with Gasteiger partial charge in [0, 0.05) is 41.4 Å². The second-order valence-electron chi connectivity index (χ2n) is 12.5. The Balaban J connectivity index is 0.000000184. The number of nitrogens with zero attached hydrogens (tertiary/aromatic N) is 10. The summed E-state index contributed by atoms with van der Waals surface area (Å²) in [5, 5.41) is 41.7. The van der Waals surface area contributed by atoms with Gasteiger partial charge >= 0.3 is 0 Å². The van der Waals surface area contributed by atoms with Crippen LogP contribution in [0.2, 0.25) is 5.02 Å². The van der Waals surface area contributed by atoms with Gasteiger partial charge in [0.05, 0.1) is 18.6 Å². The highest BCUT2D eigenvalue weighted by atomic mass is 35.5. The largest absolute Gasteiger partial charge is 0.497 e. The average molecular weight is 917 g/mol. The molecule has 61 heavy (non-hydrogen) atoms. The molecular formula is C39H31ClF2N12O3S4. The van der Waals surface area contributed by atoms with Crippen LogP contribution < -0.4 is 15.4 Å². The molecule has 0 fully saturated rings. The van der Waals surface area contributed by atoms with E-state index in [9.17, 15) is 18.4 Å². The van der Waals surface area contributed by atoms with Gasteiger partial charge in [0.1, 0.15) is 22.4 Å². The van der Waals surface area contributed by atoms with E-state index < -0.39 is 0 Å². The fourth-order valence-electron chi connectivity index (χ4n) is 5.29. The molecule has 4 aromatic heterocycles. The van der Waals surface area contributed by atoms with E-state index in [2.05, 4.69) is 51.4 Å². The van der Waals surface area contributed by atoms with Gasteiger partial charge < -0.3 is 13.9 Å². The number of methoxy groups -OCH3 is 1. The molecule has 4 aromatic carbocycles.